The van der Waals surface area contributed by atoms with E-state index in [1.165, 1.54) is 20.8 Å². The van der Waals surface area contributed by atoms with Crippen LogP contribution in [-0.2, 0) is 50.7 Å². The number of phosphoric ester groups is 3. The van der Waals surface area contributed by atoms with Crippen LogP contribution in [0.2, 0.25) is 0 Å². The fourth-order valence-electron chi connectivity index (χ4n) is 4.38. The molecule has 9 atom stereocenters. The van der Waals surface area contributed by atoms with Crippen LogP contribution >= 0.6 is 35.2 Å². The van der Waals surface area contributed by atoms with E-state index in [4.69, 9.17) is 15.6 Å². The van der Waals surface area contributed by atoms with Gasteiger partial charge in [0.05, 0.1) is 19.5 Å². The number of nitrogens with two attached hydrogens (primary N) is 1. The zero-order valence-corrected chi connectivity index (χ0v) is 34.5. The number of carbonyl (C=O) groups is 3. The minimum absolute atomic E-state index is 0. The molecule has 8 N–H and O–H groups in total. The fourth-order valence-corrected chi connectivity index (χ4v) is 7.78. The van der Waals surface area contributed by atoms with E-state index in [-0.39, 0.29) is 71.8 Å². The van der Waals surface area contributed by atoms with Crippen LogP contribution in [0.15, 0.2) is 12.7 Å². The number of hydrogen-bond acceptors (Lipinski definition) is 22. The normalized spacial score (nSPS) is 23.3. The van der Waals surface area contributed by atoms with Crippen LogP contribution in [0.4, 0.5) is 5.82 Å². The Hall–Kier alpha value is -1.48. The average Bonchev–Trinajstić information content (AvgIpc) is 3.60. The Kier molecular flexibility index (Phi) is 18.3. The van der Waals surface area contributed by atoms with E-state index < -0.39 is 95.8 Å². The largest absolute Gasteiger partial charge is 1.00 e. The van der Waals surface area contributed by atoms with Gasteiger partial charge in [0.1, 0.15) is 42.4 Å². The van der Waals surface area contributed by atoms with Crippen LogP contribution in [0.5, 0.6) is 0 Å². The number of amides is 2. The van der Waals surface area contributed by atoms with Gasteiger partial charge in [0.15, 0.2) is 17.7 Å². The van der Waals surface area contributed by atoms with E-state index in [2.05, 4.69) is 43.5 Å². The zero-order chi connectivity index (χ0) is 39.9. The molecule has 1 fully saturated rings. The summed E-state index contributed by atoms with van der Waals surface area (Å²) in [6.07, 6.45) is -8.62. The van der Waals surface area contributed by atoms with Crippen LogP contribution < -0.4 is 60.6 Å². The van der Waals surface area contributed by atoms with Crippen molar-refractivity contribution < 1.29 is 115 Å². The molecule has 30 heteroatoms. The molecule has 2 aromatic rings. The molecular weight excluding hydrogens is 822 g/mol. The number of ether oxygens (including phenoxy) is 1. The maximum atomic E-state index is 12.5. The number of nitrogens with zero attached hydrogens (tertiary/aromatic N) is 4. The van der Waals surface area contributed by atoms with Gasteiger partial charge in [0.2, 0.25) is 16.9 Å². The summed E-state index contributed by atoms with van der Waals surface area (Å²) in [7, 11) is -17.3. The summed E-state index contributed by atoms with van der Waals surface area (Å²) in [5, 5.41) is 34.7. The average molecular weight is 860 g/mol. The Balaban J connectivity index is 0.0000101. The van der Waals surface area contributed by atoms with Crippen molar-refractivity contribution in [3.8, 4) is 0 Å². The van der Waals surface area contributed by atoms with Crippen LogP contribution in [0.25, 0.3) is 11.2 Å². The van der Waals surface area contributed by atoms with E-state index in [1.807, 2.05) is 0 Å². The van der Waals surface area contributed by atoms with Crippen LogP contribution in [0.3, 0.4) is 0 Å². The number of thioether (sulfide) groups is 1. The number of anilines is 1. The smallest absolute Gasteiger partial charge is 0.756 e. The van der Waals surface area contributed by atoms with Crippen molar-refractivity contribution in [2.24, 2.45) is 5.41 Å². The summed E-state index contributed by atoms with van der Waals surface area (Å²) in [5.41, 5.74) is 4.07. The first-order valence-corrected chi connectivity index (χ1v) is 20.5. The molecule has 9 unspecified atom stereocenters. The maximum absolute atomic E-state index is 12.5. The monoisotopic (exact) mass is 859 g/mol. The SMILES string of the molecule is CC(O)C(=O)SCCNC(=O)CCNC(=O)C(O)C(C)(C)COP(=O)([O-])OP(=O)([O-])OCC1OC(n2cnc3c(N)ncnc32)C(O)C1OP(=O)([O-])O.[Na+]. The van der Waals surface area contributed by atoms with Gasteiger partial charge >= 0.3 is 29.6 Å². The molecule has 0 saturated carbocycles. The molecule has 2 amide bonds. The van der Waals surface area contributed by atoms with Gasteiger partial charge in [-0.2, -0.15) is 0 Å². The molecule has 1 aliphatic heterocycles. The number of carbonyl (C=O) groups excluding carboxylic acids is 3. The molecule has 1 aliphatic rings. The number of fused-ring (bicyclic) bond motifs is 1. The third-order valence-corrected chi connectivity index (χ3v) is 11.1. The molecule has 54 heavy (non-hydrogen) atoms. The van der Waals surface area contributed by atoms with Gasteiger partial charge in [0.25, 0.3) is 23.5 Å². The Morgan fingerprint density at radius 2 is 1.74 bits per heavy atom. The molecule has 25 nitrogen and oxygen atoms in total. The Labute approximate surface area is 332 Å². The Bertz CT molecular complexity index is 1770. The summed E-state index contributed by atoms with van der Waals surface area (Å²) in [6, 6.07) is 0. The molecule has 0 bridgehead atoms. The summed E-state index contributed by atoms with van der Waals surface area (Å²) >= 11 is 0.819. The summed E-state index contributed by atoms with van der Waals surface area (Å²) in [4.78, 5) is 93.0. The first-order valence-electron chi connectivity index (χ1n) is 15.1. The second-order valence-electron chi connectivity index (χ2n) is 11.8. The van der Waals surface area contributed by atoms with Crippen LogP contribution in [0, 0.1) is 5.41 Å². The van der Waals surface area contributed by atoms with Crippen molar-refractivity contribution >= 4 is 69.1 Å². The summed E-state index contributed by atoms with van der Waals surface area (Å²) in [5.74, 6) is -1.42. The van der Waals surface area contributed by atoms with Gasteiger partial charge in [-0.15, -0.1) is 0 Å². The number of aliphatic hydroxyl groups is 3. The van der Waals surface area contributed by atoms with E-state index >= 15 is 0 Å². The standard InChI is InChI=1S/C24H40N7O18P3S.Na/c1-12(32)23(37)53-7-6-26-14(33)4-5-27-21(36)18(35)24(2,3)9-46-52(43,44)49-51(41,42)45-8-13-17(48-50(38,39)40)16(34)22(47-13)31-11-30-15-19(25)28-10-29-20(15)31;/h10-13,16-18,22,32,34-35H,4-9H2,1-3H3,(H,26,33)(H,27,36)(H,41,42)(H,43,44)(H2,25,28,29)(H2,38,39,40);/q;+1/p-3. The van der Waals surface area contributed by atoms with Gasteiger partial charge in [-0.05, 0) is 6.92 Å². The van der Waals surface area contributed by atoms with E-state index in [0.29, 0.717) is 0 Å². The number of nitrogens with one attached hydrogen (secondary N) is 2. The Morgan fingerprint density at radius 1 is 1.09 bits per heavy atom. The molecule has 3 heterocycles. The van der Waals surface area contributed by atoms with Gasteiger partial charge in [-0.1, -0.05) is 25.6 Å². The number of aliphatic hydroxyl groups excluding tert-OH is 3. The maximum Gasteiger partial charge on any atom is 1.00 e. The third-order valence-electron chi connectivity index (χ3n) is 7.07. The zero-order valence-electron chi connectivity index (χ0n) is 29.0. The first-order chi connectivity index (χ1) is 24.4. The van der Waals surface area contributed by atoms with Gasteiger partial charge in [-0.25, -0.2) is 19.3 Å². The number of rotatable bonds is 20. The van der Waals surface area contributed by atoms with Crippen molar-refractivity contribution in [2.45, 2.75) is 63.9 Å². The topological polar surface area (TPSA) is 392 Å². The van der Waals surface area contributed by atoms with Crippen molar-refractivity contribution in [3.63, 3.8) is 0 Å². The number of imidazole rings is 1. The molecule has 2 aromatic heterocycles. The number of nitrogen functional groups attached to an aromatic ring is 1. The van der Waals surface area contributed by atoms with Crippen LogP contribution in [-0.4, -0.2) is 119 Å². The van der Waals surface area contributed by atoms with E-state index in [1.54, 1.807) is 0 Å². The molecule has 0 radical (unpaired) electrons. The van der Waals surface area contributed by atoms with Gasteiger partial charge in [-0.3, -0.25) is 32.6 Å². The Morgan fingerprint density at radius 3 is 2.37 bits per heavy atom. The van der Waals surface area contributed by atoms with Gasteiger partial charge < -0.3 is 69.6 Å². The quantitative estimate of drug-likeness (QED) is 0.0369. The van der Waals surface area contributed by atoms with E-state index in [9.17, 15) is 57.9 Å². The second-order valence-corrected chi connectivity index (χ2v) is 17.1. The number of phosphoric acid groups is 3. The fraction of sp³-hybridized carbons (Fsp3) is 0.667. The molecule has 0 aliphatic carbocycles. The van der Waals surface area contributed by atoms with Crippen molar-refractivity contribution in [1.82, 2.24) is 30.2 Å². The summed E-state index contributed by atoms with van der Waals surface area (Å²) < 4.78 is 60.6. The molecule has 1 saturated heterocycles. The number of aromatic nitrogens is 4. The van der Waals surface area contributed by atoms with Crippen molar-refractivity contribution in [1.29, 1.82) is 0 Å². The first kappa shape index (κ1) is 48.7. The van der Waals surface area contributed by atoms with Gasteiger partial charge in [0, 0.05) is 30.7 Å². The number of hydrogen-bond donors (Lipinski definition) is 7. The molecule has 300 valence electrons. The third kappa shape index (κ3) is 14.5. The summed E-state index contributed by atoms with van der Waals surface area (Å²) in [6.45, 7) is 1.26. The molecular formula is C24H37N7NaO18P3S-2. The molecule has 3 rings (SSSR count). The van der Waals surface area contributed by atoms with Crippen LogP contribution in [0.1, 0.15) is 33.4 Å². The molecule has 0 spiro atoms. The minimum Gasteiger partial charge on any atom is -0.756 e. The van der Waals surface area contributed by atoms with E-state index in [0.717, 1.165) is 29.0 Å². The van der Waals surface area contributed by atoms with Crippen molar-refractivity contribution in [3.05, 3.63) is 12.7 Å². The minimum atomic E-state index is -5.90. The van der Waals surface area contributed by atoms with Crippen molar-refractivity contribution in [2.75, 3.05) is 37.8 Å². The predicted octanol–water partition coefficient (Wildman–Crippen LogP) is -6.85. The predicted molar refractivity (Wildman–Crippen MR) is 172 cm³/mol. The second kappa shape index (κ2) is 20.3. The molecule has 0 aromatic carbocycles.